The fourth-order valence-corrected chi connectivity index (χ4v) is 4.65. The molecule has 5 amide bonds. The van der Waals surface area contributed by atoms with E-state index in [1.54, 1.807) is 0 Å². The number of halogens is 2. The van der Waals surface area contributed by atoms with Crippen LogP contribution in [0.4, 0.5) is 4.79 Å². The Morgan fingerprint density at radius 2 is 1.79 bits per heavy atom. The molecular formula is C23H25Cl2N5O9. The van der Waals surface area contributed by atoms with Gasteiger partial charge in [0.1, 0.15) is 12.1 Å². The molecule has 16 heteroatoms. The molecule has 0 aromatic heterocycles. The van der Waals surface area contributed by atoms with Crippen molar-refractivity contribution >= 4 is 64.7 Å². The van der Waals surface area contributed by atoms with Gasteiger partial charge in [-0.25, -0.2) is 24.6 Å². The van der Waals surface area contributed by atoms with Crippen molar-refractivity contribution in [3.05, 3.63) is 33.8 Å². The van der Waals surface area contributed by atoms with Crippen LogP contribution in [-0.4, -0.2) is 93.4 Å². The first kappa shape index (κ1) is 29.6. The number of nitrogens with one attached hydrogen (secondary N) is 2. The van der Waals surface area contributed by atoms with Gasteiger partial charge in [0.2, 0.25) is 17.7 Å². The number of hydrogen-bond donors (Lipinski definition) is 3. The summed E-state index contributed by atoms with van der Waals surface area (Å²) in [6.45, 7) is 0.277. The number of ketones is 1. The first-order valence-corrected chi connectivity index (χ1v) is 12.5. The third kappa shape index (κ3) is 7.15. The standard InChI is InChI=1S/C23H25Cl2N5O9/c1-12(31)27-28-9-7-18(33)29-8-3-6-16(30(29)23(28)38)21(36)26-15(10-19(34)35)17(32)11-39-22(37)20-13(24)4-2-5-14(20)25/h2,4-5,15-16H,3,6-11H2,1H3,(H,26,36)(H,27,31)(H,34,35). The van der Waals surface area contributed by atoms with Crippen LogP contribution in [0.5, 0.6) is 0 Å². The third-order valence-electron chi connectivity index (χ3n) is 5.86. The molecular weight excluding hydrogens is 561 g/mol. The van der Waals surface area contributed by atoms with Gasteiger partial charge in [-0.1, -0.05) is 29.3 Å². The molecule has 39 heavy (non-hydrogen) atoms. The smallest absolute Gasteiger partial charge is 0.358 e. The number of hydrogen-bond acceptors (Lipinski definition) is 8. The molecule has 0 radical (unpaired) electrons. The van der Waals surface area contributed by atoms with E-state index in [1.165, 1.54) is 25.1 Å². The van der Waals surface area contributed by atoms with Gasteiger partial charge in [-0.2, -0.15) is 0 Å². The van der Waals surface area contributed by atoms with Crippen molar-refractivity contribution in [1.29, 1.82) is 0 Å². The first-order valence-electron chi connectivity index (χ1n) is 11.7. The maximum atomic E-state index is 13.3. The molecule has 210 valence electrons. The van der Waals surface area contributed by atoms with Gasteiger partial charge in [0.05, 0.1) is 28.6 Å². The van der Waals surface area contributed by atoms with Gasteiger partial charge in [0.25, 0.3) is 0 Å². The maximum Gasteiger partial charge on any atom is 0.358 e. The molecule has 2 atom stereocenters. The highest BCUT2D eigenvalue weighted by Gasteiger charge is 2.44. The summed E-state index contributed by atoms with van der Waals surface area (Å²) in [6, 6.07) is 0.489. The number of amides is 5. The minimum atomic E-state index is -1.64. The molecule has 2 saturated heterocycles. The Kier molecular flexibility index (Phi) is 9.70. The monoisotopic (exact) mass is 585 g/mol. The molecule has 0 bridgehead atoms. The Hall–Kier alpha value is -3.91. The summed E-state index contributed by atoms with van der Waals surface area (Å²) < 4.78 is 4.96. The topological polar surface area (TPSA) is 183 Å². The molecule has 2 heterocycles. The summed E-state index contributed by atoms with van der Waals surface area (Å²) in [5.41, 5.74) is 2.12. The SMILES string of the molecule is CC(=O)NN1CCC(=O)N2CCCC(C(=O)NC(CC(=O)O)C(=O)COC(=O)c3c(Cl)cccc3Cl)N2C1=O. The van der Waals surface area contributed by atoms with Gasteiger partial charge in [0, 0.05) is 19.9 Å². The van der Waals surface area contributed by atoms with Crippen LogP contribution in [0.25, 0.3) is 0 Å². The molecule has 14 nitrogen and oxygen atoms in total. The van der Waals surface area contributed by atoms with Crippen molar-refractivity contribution in [3.8, 4) is 0 Å². The van der Waals surface area contributed by atoms with Gasteiger partial charge >= 0.3 is 18.0 Å². The number of Topliss-reactive ketones (excluding diaryl/α,β-unsaturated/α-hetero) is 1. The fraction of sp³-hybridized carbons (Fsp3) is 0.435. The van der Waals surface area contributed by atoms with Gasteiger partial charge in [-0.15, -0.1) is 0 Å². The van der Waals surface area contributed by atoms with Crippen LogP contribution in [-0.2, 0) is 28.7 Å². The molecule has 3 N–H and O–H groups in total. The number of esters is 1. The molecule has 2 unspecified atom stereocenters. The van der Waals surface area contributed by atoms with Crippen molar-refractivity contribution < 1.29 is 43.4 Å². The quantitative estimate of drug-likeness (QED) is 0.352. The van der Waals surface area contributed by atoms with E-state index in [0.29, 0.717) is 6.42 Å². The van der Waals surface area contributed by atoms with E-state index in [0.717, 1.165) is 15.0 Å². The van der Waals surface area contributed by atoms with Crippen LogP contribution in [0.3, 0.4) is 0 Å². The lowest BCUT2D eigenvalue weighted by Crippen LogP contribution is -2.65. The lowest BCUT2D eigenvalue weighted by atomic mass is 10.0. The molecule has 2 fully saturated rings. The van der Waals surface area contributed by atoms with Crippen LogP contribution in [0.2, 0.25) is 10.0 Å². The van der Waals surface area contributed by atoms with E-state index in [9.17, 15) is 38.7 Å². The second kappa shape index (κ2) is 12.8. The number of benzene rings is 1. The van der Waals surface area contributed by atoms with Crippen LogP contribution >= 0.6 is 23.2 Å². The number of carboxylic acids is 1. The molecule has 1 aromatic carbocycles. The van der Waals surface area contributed by atoms with E-state index in [-0.39, 0.29) is 41.5 Å². The number of fused-ring (bicyclic) bond motifs is 1. The van der Waals surface area contributed by atoms with Crippen LogP contribution in [0.15, 0.2) is 18.2 Å². The number of carbonyl (C=O) groups is 7. The van der Waals surface area contributed by atoms with E-state index in [4.69, 9.17) is 27.9 Å². The number of ether oxygens (including phenoxy) is 1. The van der Waals surface area contributed by atoms with Gasteiger partial charge in [-0.05, 0) is 25.0 Å². The number of aliphatic carboxylic acids is 1. The first-order chi connectivity index (χ1) is 18.4. The fourth-order valence-electron chi connectivity index (χ4n) is 4.10. The number of urea groups is 1. The highest BCUT2D eigenvalue weighted by atomic mass is 35.5. The predicted octanol–water partition coefficient (Wildman–Crippen LogP) is 0.764. The van der Waals surface area contributed by atoms with Crippen LogP contribution in [0, 0.1) is 0 Å². The van der Waals surface area contributed by atoms with Gasteiger partial charge in [0.15, 0.2) is 12.4 Å². The van der Waals surface area contributed by atoms with E-state index >= 15 is 0 Å². The molecule has 3 rings (SSSR count). The number of rotatable bonds is 9. The largest absolute Gasteiger partial charge is 0.481 e. The minimum Gasteiger partial charge on any atom is -0.481 e. The number of hydrazine groups is 2. The Labute approximate surface area is 232 Å². The minimum absolute atomic E-state index is 0.0258. The van der Waals surface area contributed by atoms with Crippen molar-refractivity contribution in [1.82, 2.24) is 25.8 Å². The highest BCUT2D eigenvalue weighted by molar-refractivity contribution is 6.39. The molecule has 0 saturated carbocycles. The predicted molar refractivity (Wildman–Crippen MR) is 133 cm³/mol. The molecule has 0 spiro atoms. The van der Waals surface area contributed by atoms with Crippen molar-refractivity contribution in [3.63, 3.8) is 0 Å². The van der Waals surface area contributed by atoms with Gasteiger partial charge < -0.3 is 15.2 Å². The Morgan fingerprint density at radius 1 is 1.13 bits per heavy atom. The Bertz CT molecular complexity index is 1190. The van der Waals surface area contributed by atoms with Crippen LogP contribution in [0.1, 0.15) is 43.0 Å². The average Bonchev–Trinajstić information content (AvgIpc) is 2.98. The lowest BCUT2D eigenvalue weighted by Gasteiger charge is -2.43. The number of carbonyl (C=O) groups excluding carboxylic acids is 6. The second-order valence-electron chi connectivity index (χ2n) is 8.67. The summed E-state index contributed by atoms with van der Waals surface area (Å²) in [7, 11) is 0. The Balaban J connectivity index is 1.76. The van der Waals surface area contributed by atoms with Gasteiger partial charge in [-0.3, -0.25) is 29.4 Å². The second-order valence-corrected chi connectivity index (χ2v) is 9.48. The zero-order valence-electron chi connectivity index (χ0n) is 20.6. The summed E-state index contributed by atoms with van der Waals surface area (Å²) in [4.78, 5) is 87.2. The van der Waals surface area contributed by atoms with E-state index in [2.05, 4.69) is 10.7 Å². The summed E-state index contributed by atoms with van der Waals surface area (Å²) in [5.74, 6) is -5.36. The zero-order chi connectivity index (χ0) is 28.9. The van der Waals surface area contributed by atoms with Crippen molar-refractivity contribution in [2.24, 2.45) is 0 Å². The average molecular weight is 586 g/mol. The Morgan fingerprint density at radius 3 is 2.41 bits per heavy atom. The van der Waals surface area contributed by atoms with Crippen molar-refractivity contribution in [2.45, 2.75) is 44.7 Å². The number of carboxylic acid groups (broad SMARTS) is 1. The maximum absolute atomic E-state index is 13.3. The highest BCUT2D eigenvalue weighted by Crippen LogP contribution is 2.26. The molecule has 2 aliphatic heterocycles. The van der Waals surface area contributed by atoms with Crippen LogP contribution < -0.4 is 10.7 Å². The lowest BCUT2D eigenvalue weighted by molar-refractivity contribution is -0.155. The summed E-state index contributed by atoms with van der Waals surface area (Å²) in [5, 5.41) is 14.4. The molecule has 0 aliphatic carbocycles. The number of nitrogens with zero attached hydrogens (tertiary/aromatic N) is 3. The normalized spacial score (nSPS) is 18.0. The molecule has 2 aliphatic rings. The van der Waals surface area contributed by atoms with E-state index in [1.807, 2.05) is 0 Å². The van der Waals surface area contributed by atoms with E-state index < -0.39 is 66.6 Å². The molecule has 1 aromatic rings. The third-order valence-corrected chi connectivity index (χ3v) is 6.49. The summed E-state index contributed by atoms with van der Waals surface area (Å²) in [6.07, 6.45) is -0.543. The summed E-state index contributed by atoms with van der Waals surface area (Å²) >= 11 is 11.9. The van der Waals surface area contributed by atoms with Crippen molar-refractivity contribution in [2.75, 3.05) is 19.7 Å². The zero-order valence-corrected chi connectivity index (χ0v) is 22.2.